The number of benzene rings is 1. The fourth-order valence-electron chi connectivity index (χ4n) is 2.46. The average molecular weight is 272 g/mol. The van der Waals surface area contributed by atoms with E-state index in [2.05, 4.69) is 57.0 Å². The molecule has 1 heterocycles. The van der Waals surface area contributed by atoms with Gasteiger partial charge in [-0.3, -0.25) is 9.89 Å². The second-order valence-electron chi connectivity index (χ2n) is 4.97. The Morgan fingerprint density at radius 2 is 1.95 bits per heavy atom. The van der Waals surface area contributed by atoms with E-state index >= 15 is 0 Å². The summed E-state index contributed by atoms with van der Waals surface area (Å²) in [6.45, 7) is 9.70. The second kappa shape index (κ2) is 7.70. The molecule has 1 aromatic carbocycles. The number of piperazine rings is 1. The zero-order chi connectivity index (χ0) is 14.2. The quantitative estimate of drug-likeness (QED) is 0.513. The maximum Gasteiger partial charge on any atom is 0.193 e. The molecule has 1 aromatic rings. The topological polar surface area (TPSA) is 30.9 Å². The number of hydrogen-bond donors (Lipinski definition) is 1. The molecular weight excluding hydrogens is 248 g/mol. The van der Waals surface area contributed by atoms with Gasteiger partial charge < -0.3 is 10.2 Å². The van der Waals surface area contributed by atoms with Crippen LogP contribution in [0.25, 0.3) is 0 Å². The summed E-state index contributed by atoms with van der Waals surface area (Å²) in [4.78, 5) is 9.13. The standard InChI is InChI=1S/C16H24N4/c1-3-9-18-16(17-2)20-12-10-19(11-13-20)14-15-7-5-4-6-8-15/h3-8H,1,9-14H2,2H3,(H,17,18). The van der Waals surface area contributed by atoms with E-state index in [0.717, 1.165) is 45.2 Å². The summed E-state index contributed by atoms with van der Waals surface area (Å²) in [5.41, 5.74) is 1.38. The van der Waals surface area contributed by atoms with Crippen LogP contribution in [0.15, 0.2) is 48.0 Å². The monoisotopic (exact) mass is 272 g/mol. The van der Waals surface area contributed by atoms with Gasteiger partial charge in [-0.2, -0.15) is 0 Å². The number of aliphatic imine (C=N–C) groups is 1. The van der Waals surface area contributed by atoms with Crippen LogP contribution < -0.4 is 5.32 Å². The van der Waals surface area contributed by atoms with Crippen LogP contribution in [0.2, 0.25) is 0 Å². The fourth-order valence-corrected chi connectivity index (χ4v) is 2.46. The molecule has 0 bridgehead atoms. The van der Waals surface area contributed by atoms with E-state index in [4.69, 9.17) is 0 Å². The molecule has 1 fully saturated rings. The first-order chi connectivity index (χ1) is 9.83. The van der Waals surface area contributed by atoms with Gasteiger partial charge in [-0.25, -0.2) is 0 Å². The van der Waals surface area contributed by atoms with E-state index in [-0.39, 0.29) is 0 Å². The van der Waals surface area contributed by atoms with Gasteiger partial charge in [0, 0.05) is 46.3 Å². The molecule has 0 aromatic heterocycles. The van der Waals surface area contributed by atoms with Crippen molar-refractivity contribution < 1.29 is 0 Å². The summed E-state index contributed by atoms with van der Waals surface area (Å²) in [6, 6.07) is 10.7. The molecule has 0 saturated carbocycles. The summed E-state index contributed by atoms with van der Waals surface area (Å²) < 4.78 is 0. The van der Waals surface area contributed by atoms with E-state index in [9.17, 15) is 0 Å². The molecule has 108 valence electrons. The molecule has 0 unspecified atom stereocenters. The molecule has 0 radical (unpaired) electrons. The van der Waals surface area contributed by atoms with Crippen molar-refractivity contribution in [2.75, 3.05) is 39.8 Å². The van der Waals surface area contributed by atoms with Crippen molar-refractivity contribution >= 4 is 5.96 Å². The third kappa shape index (κ3) is 4.10. The summed E-state index contributed by atoms with van der Waals surface area (Å²) in [7, 11) is 1.84. The van der Waals surface area contributed by atoms with Gasteiger partial charge in [0.15, 0.2) is 5.96 Å². The molecule has 20 heavy (non-hydrogen) atoms. The van der Waals surface area contributed by atoms with Crippen molar-refractivity contribution in [3.05, 3.63) is 48.6 Å². The summed E-state index contributed by atoms with van der Waals surface area (Å²) in [6.07, 6.45) is 1.86. The smallest absolute Gasteiger partial charge is 0.193 e. The lowest BCUT2D eigenvalue weighted by atomic mass is 10.2. The lowest BCUT2D eigenvalue weighted by molar-refractivity contribution is 0.173. The normalized spacial score (nSPS) is 17.1. The van der Waals surface area contributed by atoms with Crippen LogP contribution in [-0.4, -0.2) is 55.5 Å². The molecule has 1 saturated heterocycles. The first kappa shape index (κ1) is 14.6. The van der Waals surface area contributed by atoms with Gasteiger partial charge in [0.2, 0.25) is 0 Å². The molecule has 0 aliphatic carbocycles. The van der Waals surface area contributed by atoms with E-state index < -0.39 is 0 Å². The Labute approximate surface area is 121 Å². The van der Waals surface area contributed by atoms with Gasteiger partial charge in [0.1, 0.15) is 0 Å². The number of hydrogen-bond acceptors (Lipinski definition) is 2. The minimum absolute atomic E-state index is 0.761. The molecule has 1 N–H and O–H groups in total. The highest BCUT2D eigenvalue weighted by Gasteiger charge is 2.19. The molecule has 0 spiro atoms. The third-order valence-electron chi connectivity index (χ3n) is 3.54. The Balaban J connectivity index is 1.81. The lowest BCUT2D eigenvalue weighted by Gasteiger charge is -2.36. The van der Waals surface area contributed by atoms with Crippen LogP contribution in [0.5, 0.6) is 0 Å². The molecule has 0 amide bonds. The van der Waals surface area contributed by atoms with Crippen molar-refractivity contribution in [1.29, 1.82) is 0 Å². The Morgan fingerprint density at radius 1 is 1.25 bits per heavy atom. The van der Waals surface area contributed by atoms with Crippen molar-refractivity contribution in [3.8, 4) is 0 Å². The molecule has 4 heteroatoms. The van der Waals surface area contributed by atoms with E-state index in [1.807, 2.05) is 13.1 Å². The molecule has 1 aliphatic heterocycles. The largest absolute Gasteiger partial charge is 0.353 e. The summed E-state index contributed by atoms with van der Waals surface area (Å²) in [5, 5.41) is 3.29. The Morgan fingerprint density at radius 3 is 2.55 bits per heavy atom. The summed E-state index contributed by atoms with van der Waals surface area (Å²) in [5.74, 6) is 0.976. The predicted octanol–water partition coefficient (Wildman–Crippen LogP) is 1.57. The predicted molar refractivity (Wildman–Crippen MR) is 84.9 cm³/mol. The molecule has 0 atom stereocenters. The van der Waals surface area contributed by atoms with Gasteiger partial charge >= 0.3 is 0 Å². The number of nitrogens with zero attached hydrogens (tertiary/aromatic N) is 3. The lowest BCUT2D eigenvalue weighted by Crippen LogP contribution is -2.52. The Hall–Kier alpha value is -1.81. The number of rotatable bonds is 4. The van der Waals surface area contributed by atoms with Crippen LogP contribution in [0, 0.1) is 0 Å². The van der Waals surface area contributed by atoms with Crippen LogP contribution in [-0.2, 0) is 6.54 Å². The van der Waals surface area contributed by atoms with Gasteiger partial charge in [-0.05, 0) is 5.56 Å². The van der Waals surface area contributed by atoms with Crippen molar-refractivity contribution in [3.63, 3.8) is 0 Å². The van der Waals surface area contributed by atoms with E-state index in [1.54, 1.807) is 0 Å². The maximum absolute atomic E-state index is 4.32. The minimum Gasteiger partial charge on any atom is -0.353 e. The molecule has 4 nitrogen and oxygen atoms in total. The minimum atomic E-state index is 0.761. The van der Waals surface area contributed by atoms with E-state index in [0.29, 0.717) is 0 Å². The maximum atomic E-state index is 4.32. The van der Waals surface area contributed by atoms with Crippen LogP contribution in [0.4, 0.5) is 0 Å². The SMILES string of the molecule is C=CCNC(=NC)N1CCN(Cc2ccccc2)CC1. The zero-order valence-electron chi connectivity index (χ0n) is 12.3. The number of nitrogens with one attached hydrogen (secondary N) is 1. The molecule has 1 aliphatic rings. The van der Waals surface area contributed by atoms with Crippen molar-refractivity contribution in [1.82, 2.24) is 15.1 Å². The third-order valence-corrected chi connectivity index (χ3v) is 3.54. The van der Waals surface area contributed by atoms with Gasteiger partial charge in [-0.1, -0.05) is 36.4 Å². The average Bonchev–Trinajstić information content (AvgIpc) is 2.50. The Bertz CT molecular complexity index is 433. The van der Waals surface area contributed by atoms with Crippen molar-refractivity contribution in [2.45, 2.75) is 6.54 Å². The fraction of sp³-hybridized carbons (Fsp3) is 0.438. The molecular formula is C16H24N4. The number of guanidine groups is 1. The van der Waals surface area contributed by atoms with E-state index in [1.165, 1.54) is 5.56 Å². The second-order valence-corrected chi connectivity index (χ2v) is 4.97. The highest BCUT2D eigenvalue weighted by molar-refractivity contribution is 5.80. The van der Waals surface area contributed by atoms with Crippen LogP contribution in [0.3, 0.4) is 0 Å². The Kier molecular flexibility index (Phi) is 5.62. The highest BCUT2D eigenvalue weighted by atomic mass is 15.3. The van der Waals surface area contributed by atoms with Crippen molar-refractivity contribution in [2.24, 2.45) is 4.99 Å². The van der Waals surface area contributed by atoms with Crippen LogP contribution >= 0.6 is 0 Å². The summed E-state index contributed by atoms with van der Waals surface area (Å²) >= 11 is 0. The first-order valence-electron chi connectivity index (χ1n) is 7.16. The van der Waals surface area contributed by atoms with Gasteiger partial charge in [0.25, 0.3) is 0 Å². The highest BCUT2D eigenvalue weighted by Crippen LogP contribution is 2.08. The van der Waals surface area contributed by atoms with Crippen LogP contribution in [0.1, 0.15) is 5.56 Å². The van der Waals surface area contributed by atoms with Gasteiger partial charge in [-0.15, -0.1) is 6.58 Å². The first-order valence-corrected chi connectivity index (χ1v) is 7.16. The van der Waals surface area contributed by atoms with Gasteiger partial charge in [0.05, 0.1) is 0 Å². The molecule has 2 rings (SSSR count). The zero-order valence-corrected chi connectivity index (χ0v) is 12.3.